The molecule has 2 aromatic heterocycles. The molecule has 0 radical (unpaired) electrons. The van der Waals surface area contributed by atoms with Crippen LogP contribution < -0.4 is 11.1 Å². The van der Waals surface area contributed by atoms with Crippen LogP contribution in [0.1, 0.15) is 0 Å². The molecule has 0 aliphatic rings. The summed E-state index contributed by atoms with van der Waals surface area (Å²) in [6.45, 7) is 0. The van der Waals surface area contributed by atoms with Gasteiger partial charge in [0.1, 0.15) is 6.33 Å². The van der Waals surface area contributed by atoms with Crippen LogP contribution in [-0.4, -0.2) is 19.9 Å². The van der Waals surface area contributed by atoms with Gasteiger partial charge in [0, 0.05) is 18.0 Å². The smallest absolute Gasteiger partial charge is 0.314 e. The van der Waals surface area contributed by atoms with Gasteiger partial charge in [-0.05, 0) is 17.7 Å². The van der Waals surface area contributed by atoms with Crippen LogP contribution in [0.3, 0.4) is 0 Å². The first-order valence-electron chi connectivity index (χ1n) is 5.26. The monoisotopic (exact) mass is 240 g/mol. The second kappa shape index (κ2) is 3.92. The van der Waals surface area contributed by atoms with E-state index in [1.165, 1.54) is 6.33 Å². The number of aromatic nitrogens is 4. The Bertz CT molecular complexity index is 821. The number of nitrogens with one attached hydrogen (secondary N) is 2. The predicted molar refractivity (Wildman–Crippen MR) is 66.2 cm³/mol. The van der Waals surface area contributed by atoms with Crippen molar-refractivity contribution < 1.29 is 0 Å². The van der Waals surface area contributed by atoms with Crippen LogP contribution in [0.5, 0.6) is 0 Å². The minimum Gasteiger partial charge on any atom is -0.316 e. The fourth-order valence-electron chi connectivity index (χ4n) is 1.74. The quantitative estimate of drug-likeness (QED) is 0.611. The van der Waals surface area contributed by atoms with Crippen molar-refractivity contribution in [2.75, 3.05) is 0 Å². The zero-order chi connectivity index (χ0) is 12.5. The van der Waals surface area contributed by atoms with Gasteiger partial charge >= 0.3 is 11.1 Å². The van der Waals surface area contributed by atoms with Gasteiger partial charge < -0.3 is 9.97 Å². The van der Waals surface area contributed by atoms with E-state index in [9.17, 15) is 9.59 Å². The highest BCUT2D eigenvalue weighted by molar-refractivity contribution is 5.80. The van der Waals surface area contributed by atoms with Crippen LogP contribution >= 0.6 is 0 Å². The Hall–Kier alpha value is -2.76. The second-order valence-corrected chi connectivity index (χ2v) is 3.80. The minimum absolute atomic E-state index is 0.570. The predicted octanol–water partition coefficient (Wildman–Crippen LogP) is 0.673. The number of H-pyrrole nitrogens is 2. The van der Waals surface area contributed by atoms with Crippen LogP contribution in [-0.2, 0) is 0 Å². The van der Waals surface area contributed by atoms with Gasteiger partial charge in [0.2, 0.25) is 0 Å². The third kappa shape index (κ3) is 1.69. The lowest BCUT2D eigenvalue weighted by Crippen LogP contribution is -2.28. The molecule has 0 amide bonds. The summed E-state index contributed by atoms with van der Waals surface area (Å²) in [6.07, 6.45) is 4.81. The van der Waals surface area contributed by atoms with Crippen LogP contribution in [0, 0.1) is 0 Å². The van der Waals surface area contributed by atoms with Gasteiger partial charge in [0.15, 0.2) is 0 Å². The molecule has 0 aliphatic heterocycles. The van der Waals surface area contributed by atoms with Crippen molar-refractivity contribution in [3.05, 3.63) is 57.6 Å². The molecule has 0 saturated heterocycles. The summed E-state index contributed by atoms with van der Waals surface area (Å²) in [4.78, 5) is 35.3. The summed E-state index contributed by atoms with van der Waals surface area (Å²) in [5.74, 6) is 0. The molecule has 6 nitrogen and oxygen atoms in total. The molecule has 2 heterocycles. The highest BCUT2D eigenvalue weighted by Crippen LogP contribution is 2.19. The first-order valence-corrected chi connectivity index (χ1v) is 5.26. The van der Waals surface area contributed by atoms with Gasteiger partial charge in [-0.1, -0.05) is 6.07 Å². The van der Waals surface area contributed by atoms with Crippen molar-refractivity contribution in [2.45, 2.75) is 0 Å². The van der Waals surface area contributed by atoms with Crippen LogP contribution in [0.4, 0.5) is 0 Å². The van der Waals surface area contributed by atoms with Gasteiger partial charge in [-0.15, -0.1) is 0 Å². The molecular formula is C12H8N4O2. The fourth-order valence-corrected chi connectivity index (χ4v) is 1.74. The third-order valence-corrected chi connectivity index (χ3v) is 2.62. The maximum absolute atomic E-state index is 11.3. The molecule has 3 aromatic rings. The van der Waals surface area contributed by atoms with E-state index >= 15 is 0 Å². The Morgan fingerprint density at radius 3 is 2.22 bits per heavy atom. The van der Waals surface area contributed by atoms with Crippen molar-refractivity contribution in [3.63, 3.8) is 0 Å². The highest BCUT2D eigenvalue weighted by Gasteiger charge is 2.02. The Morgan fingerprint density at radius 2 is 1.50 bits per heavy atom. The molecule has 1 aromatic carbocycles. The van der Waals surface area contributed by atoms with Gasteiger partial charge in [-0.25, -0.2) is 9.97 Å². The van der Waals surface area contributed by atoms with Crippen molar-refractivity contribution >= 4 is 11.0 Å². The topological polar surface area (TPSA) is 91.5 Å². The van der Waals surface area contributed by atoms with E-state index in [0.29, 0.717) is 11.0 Å². The molecule has 0 bridgehead atoms. The summed E-state index contributed by atoms with van der Waals surface area (Å²) in [5, 5.41) is 0. The van der Waals surface area contributed by atoms with E-state index < -0.39 is 11.1 Å². The number of aromatic amines is 2. The molecule has 18 heavy (non-hydrogen) atoms. The van der Waals surface area contributed by atoms with Gasteiger partial charge in [0.25, 0.3) is 0 Å². The zero-order valence-electron chi connectivity index (χ0n) is 9.18. The SMILES string of the molecule is O=c1[nH]c2ccc(-c3cncnc3)cc2[nH]c1=O. The van der Waals surface area contributed by atoms with Crippen molar-refractivity contribution in [1.82, 2.24) is 19.9 Å². The Labute approximate surface area is 100 Å². The lowest BCUT2D eigenvalue weighted by Gasteiger charge is -2.02. The molecule has 0 atom stereocenters. The number of nitrogens with zero attached hydrogens (tertiary/aromatic N) is 2. The average molecular weight is 240 g/mol. The van der Waals surface area contributed by atoms with Crippen LogP contribution in [0.2, 0.25) is 0 Å². The number of hydrogen-bond donors (Lipinski definition) is 2. The fraction of sp³-hybridized carbons (Fsp3) is 0. The number of rotatable bonds is 1. The van der Waals surface area contributed by atoms with Crippen LogP contribution in [0.15, 0.2) is 46.5 Å². The number of benzene rings is 1. The molecule has 3 rings (SSSR count). The molecule has 0 fully saturated rings. The minimum atomic E-state index is -0.663. The summed E-state index contributed by atoms with van der Waals surface area (Å²) >= 11 is 0. The van der Waals surface area contributed by atoms with Crippen molar-refractivity contribution in [3.8, 4) is 11.1 Å². The molecule has 6 heteroatoms. The van der Waals surface area contributed by atoms with Crippen LogP contribution in [0.25, 0.3) is 22.2 Å². The number of hydrogen-bond acceptors (Lipinski definition) is 4. The standard InChI is InChI=1S/C12H8N4O2/c17-11-12(18)16-10-3-7(1-2-9(10)15-11)8-4-13-6-14-5-8/h1-6H,(H,15,17)(H,16,18). The summed E-state index contributed by atoms with van der Waals surface area (Å²) < 4.78 is 0. The number of fused-ring (bicyclic) bond motifs is 1. The maximum atomic E-state index is 11.3. The maximum Gasteiger partial charge on any atom is 0.314 e. The lowest BCUT2D eigenvalue weighted by molar-refractivity contribution is 1.14. The molecule has 0 aliphatic carbocycles. The lowest BCUT2D eigenvalue weighted by atomic mass is 10.1. The normalized spacial score (nSPS) is 10.7. The Kier molecular flexibility index (Phi) is 2.26. The van der Waals surface area contributed by atoms with Gasteiger partial charge in [-0.2, -0.15) is 0 Å². The highest BCUT2D eigenvalue weighted by atomic mass is 16.2. The van der Waals surface area contributed by atoms with Gasteiger partial charge in [0.05, 0.1) is 11.0 Å². The summed E-state index contributed by atoms with van der Waals surface area (Å²) in [7, 11) is 0. The van der Waals surface area contributed by atoms with E-state index in [4.69, 9.17) is 0 Å². The van der Waals surface area contributed by atoms with Crippen molar-refractivity contribution in [2.24, 2.45) is 0 Å². The Balaban J connectivity index is 2.26. The summed E-state index contributed by atoms with van der Waals surface area (Å²) in [5.41, 5.74) is 1.54. The van der Waals surface area contributed by atoms with E-state index in [1.807, 2.05) is 6.07 Å². The zero-order valence-corrected chi connectivity index (χ0v) is 9.18. The molecule has 0 unspecified atom stereocenters. The molecule has 88 valence electrons. The van der Waals surface area contributed by atoms with E-state index in [0.717, 1.165) is 11.1 Å². The molecule has 2 N–H and O–H groups in total. The average Bonchev–Trinajstić information content (AvgIpc) is 2.41. The first-order chi connectivity index (χ1) is 8.74. The molecule has 0 saturated carbocycles. The summed E-state index contributed by atoms with van der Waals surface area (Å²) in [6, 6.07) is 5.33. The largest absolute Gasteiger partial charge is 0.316 e. The molecule has 0 spiro atoms. The molecular weight excluding hydrogens is 232 g/mol. The second-order valence-electron chi connectivity index (χ2n) is 3.80. The van der Waals surface area contributed by atoms with Gasteiger partial charge in [-0.3, -0.25) is 9.59 Å². The Morgan fingerprint density at radius 1 is 0.833 bits per heavy atom. The van der Waals surface area contributed by atoms with E-state index in [1.54, 1.807) is 24.5 Å². The van der Waals surface area contributed by atoms with Crippen molar-refractivity contribution in [1.29, 1.82) is 0 Å². The first kappa shape index (κ1) is 10.4. The van der Waals surface area contributed by atoms with E-state index in [2.05, 4.69) is 19.9 Å². The van der Waals surface area contributed by atoms with E-state index in [-0.39, 0.29) is 0 Å². The third-order valence-electron chi connectivity index (χ3n) is 2.62.